The van der Waals surface area contributed by atoms with E-state index < -0.39 is 0 Å². The molecule has 4 aromatic rings. The van der Waals surface area contributed by atoms with Crippen LogP contribution in [0.1, 0.15) is 73.6 Å². The van der Waals surface area contributed by atoms with E-state index in [1.807, 2.05) is 131 Å². The van der Waals surface area contributed by atoms with E-state index in [4.69, 9.17) is 23.2 Å². The lowest BCUT2D eigenvalue weighted by Gasteiger charge is -2.39. The lowest BCUT2D eigenvalue weighted by molar-refractivity contribution is -0.134. The van der Waals surface area contributed by atoms with Crippen molar-refractivity contribution < 1.29 is 19.2 Å². The molecule has 8 nitrogen and oxygen atoms in total. The monoisotopic (exact) mass is 794 g/mol. The molecule has 0 N–H and O–H groups in total. The first-order valence-corrected chi connectivity index (χ1v) is 20.6. The zero-order valence-corrected chi connectivity index (χ0v) is 34.0. The fourth-order valence-electron chi connectivity index (χ4n) is 7.87. The van der Waals surface area contributed by atoms with Gasteiger partial charge in [-0.25, -0.2) is 0 Å². The Labute approximate surface area is 341 Å². The Morgan fingerprint density at radius 2 is 0.839 bits per heavy atom. The third-order valence-corrected chi connectivity index (χ3v) is 11.6. The Hall–Kier alpha value is -4.66. The lowest BCUT2D eigenvalue weighted by Crippen LogP contribution is -2.49. The van der Waals surface area contributed by atoms with Crippen molar-refractivity contribution in [3.63, 3.8) is 0 Å². The van der Waals surface area contributed by atoms with Gasteiger partial charge in [-0.15, -0.1) is 0 Å². The third-order valence-electron chi connectivity index (χ3n) is 11.1. The number of unbranched alkanes of at least 4 members (excludes halogenated alkanes) is 1. The molecule has 2 aliphatic rings. The van der Waals surface area contributed by atoms with Crippen molar-refractivity contribution in [1.29, 1.82) is 0 Å². The van der Waals surface area contributed by atoms with Gasteiger partial charge in [0.1, 0.15) is 0 Å². The number of hydrogen-bond acceptors (Lipinski definition) is 4. The molecule has 4 amide bonds. The molecule has 0 atom stereocenters. The second-order valence-electron chi connectivity index (χ2n) is 15.2. The van der Waals surface area contributed by atoms with Crippen LogP contribution < -0.4 is 9.80 Å². The van der Waals surface area contributed by atoms with Gasteiger partial charge in [0.15, 0.2) is 0 Å². The van der Waals surface area contributed by atoms with Crippen LogP contribution in [0.15, 0.2) is 97.1 Å². The molecular formula is C46H52Cl2N4O4. The van der Waals surface area contributed by atoms with Crippen LogP contribution in [0.5, 0.6) is 0 Å². The van der Waals surface area contributed by atoms with Crippen LogP contribution in [0, 0.1) is 13.8 Å². The second-order valence-corrected chi connectivity index (χ2v) is 16.1. The van der Waals surface area contributed by atoms with Crippen molar-refractivity contribution in [1.82, 2.24) is 9.80 Å². The minimum Gasteiger partial charge on any atom is -0.343 e. The number of aryl methyl sites for hydroxylation is 2. The van der Waals surface area contributed by atoms with Crippen LogP contribution >= 0.6 is 23.2 Å². The van der Waals surface area contributed by atoms with Gasteiger partial charge in [-0.05, 0) is 112 Å². The van der Waals surface area contributed by atoms with Gasteiger partial charge >= 0.3 is 0 Å². The number of anilines is 2. The Kier molecular flexibility index (Phi) is 14.2. The Morgan fingerprint density at radius 3 is 1.16 bits per heavy atom. The molecule has 6 rings (SSSR count). The lowest BCUT2D eigenvalue weighted by atomic mass is 9.99. The maximum Gasteiger partial charge on any atom is 0.231 e. The summed E-state index contributed by atoms with van der Waals surface area (Å²) in [7, 11) is 0. The molecule has 2 fully saturated rings. The Morgan fingerprint density at radius 1 is 0.518 bits per heavy atom. The van der Waals surface area contributed by atoms with Crippen LogP contribution in [0.25, 0.3) is 0 Å². The highest BCUT2D eigenvalue weighted by atomic mass is 35.5. The van der Waals surface area contributed by atoms with Crippen molar-refractivity contribution in [2.75, 3.05) is 36.0 Å². The van der Waals surface area contributed by atoms with E-state index in [2.05, 4.69) is 0 Å². The van der Waals surface area contributed by atoms with Gasteiger partial charge in [-0.3, -0.25) is 19.2 Å². The van der Waals surface area contributed by atoms with Crippen LogP contribution in [0.4, 0.5) is 11.4 Å². The highest BCUT2D eigenvalue weighted by molar-refractivity contribution is 6.31. The van der Waals surface area contributed by atoms with Gasteiger partial charge in [0.05, 0.1) is 12.8 Å². The number of amides is 4. The fraction of sp³-hybridized carbons (Fsp3) is 0.391. The SMILES string of the molecule is Cc1ccc(CC(=O)N(c2ccc(Cl)cc2)C2CCN(C(=O)CCCCC(=O)N3CCC(N(C(=O)Cc4ccc(C)cc4)c4ccc(Cl)cc4)CC3)CC2)cc1. The van der Waals surface area contributed by atoms with Gasteiger partial charge in [0.25, 0.3) is 0 Å². The molecule has 0 aromatic heterocycles. The van der Waals surface area contributed by atoms with Gasteiger partial charge in [0.2, 0.25) is 23.6 Å². The van der Waals surface area contributed by atoms with Crippen molar-refractivity contribution >= 4 is 58.2 Å². The summed E-state index contributed by atoms with van der Waals surface area (Å²) in [6.07, 6.45) is 5.44. The quantitative estimate of drug-likeness (QED) is 0.127. The first kappa shape index (κ1) is 41.0. The molecule has 0 bridgehead atoms. The third kappa shape index (κ3) is 11.0. The minimum atomic E-state index is -0.0236. The molecule has 4 aromatic carbocycles. The predicted molar refractivity (Wildman–Crippen MR) is 225 cm³/mol. The number of piperidine rings is 2. The highest BCUT2D eigenvalue weighted by Crippen LogP contribution is 2.29. The molecule has 294 valence electrons. The first-order chi connectivity index (χ1) is 27.0. The van der Waals surface area contributed by atoms with E-state index in [0.29, 0.717) is 100 Å². The normalized spacial score (nSPS) is 15.1. The van der Waals surface area contributed by atoms with E-state index in [1.54, 1.807) is 0 Å². The minimum absolute atomic E-state index is 0.0236. The summed E-state index contributed by atoms with van der Waals surface area (Å²) in [6.45, 7) is 6.39. The molecule has 2 aliphatic heterocycles. The maximum atomic E-state index is 13.7. The molecular weight excluding hydrogens is 743 g/mol. The summed E-state index contributed by atoms with van der Waals surface area (Å²) < 4.78 is 0. The maximum absolute atomic E-state index is 13.7. The van der Waals surface area contributed by atoms with E-state index >= 15 is 0 Å². The first-order valence-electron chi connectivity index (χ1n) is 19.9. The summed E-state index contributed by atoms with van der Waals surface area (Å²) in [5.74, 6) is 0.248. The summed E-state index contributed by atoms with van der Waals surface area (Å²) >= 11 is 12.4. The van der Waals surface area contributed by atoms with E-state index in [0.717, 1.165) is 33.6 Å². The smallest absolute Gasteiger partial charge is 0.231 e. The molecule has 2 heterocycles. The Balaban J connectivity index is 0.950. The highest BCUT2D eigenvalue weighted by Gasteiger charge is 2.32. The van der Waals surface area contributed by atoms with Crippen molar-refractivity contribution in [2.24, 2.45) is 0 Å². The molecule has 0 unspecified atom stereocenters. The topological polar surface area (TPSA) is 81.2 Å². The average Bonchev–Trinajstić information content (AvgIpc) is 3.20. The number of halogens is 2. The average molecular weight is 796 g/mol. The molecule has 2 saturated heterocycles. The van der Waals surface area contributed by atoms with Crippen molar-refractivity contribution in [3.05, 3.63) is 129 Å². The number of rotatable bonds is 13. The zero-order valence-electron chi connectivity index (χ0n) is 32.5. The summed E-state index contributed by atoms with van der Waals surface area (Å²) in [5, 5.41) is 1.23. The molecule has 0 spiro atoms. The number of hydrogen-bond donors (Lipinski definition) is 0. The van der Waals surface area contributed by atoms with Crippen molar-refractivity contribution in [3.8, 4) is 0 Å². The van der Waals surface area contributed by atoms with E-state index in [9.17, 15) is 19.2 Å². The van der Waals surface area contributed by atoms with Gasteiger partial charge in [-0.1, -0.05) is 82.9 Å². The number of carbonyl (C=O) groups excluding carboxylic acids is 4. The molecule has 10 heteroatoms. The second kappa shape index (κ2) is 19.5. The Bertz CT molecular complexity index is 1790. The summed E-state index contributed by atoms with van der Waals surface area (Å²) in [6, 6.07) is 30.8. The molecule has 0 saturated carbocycles. The van der Waals surface area contributed by atoms with Crippen LogP contribution in [0.3, 0.4) is 0 Å². The summed E-state index contributed by atoms with van der Waals surface area (Å²) in [4.78, 5) is 61.5. The van der Waals surface area contributed by atoms with Gasteiger partial charge in [-0.2, -0.15) is 0 Å². The van der Waals surface area contributed by atoms with Gasteiger partial charge < -0.3 is 19.6 Å². The summed E-state index contributed by atoms with van der Waals surface area (Å²) in [5.41, 5.74) is 5.87. The zero-order chi connectivity index (χ0) is 39.6. The standard InChI is InChI=1S/C46H52Cl2N4O4/c1-33-7-11-35(12-8-33)31-45(55)51(39-19-15-37(47)16-20-39)41-23-27-49(28-24-41)43(53)5-3-4-6-44(54)50-29-25-42(26-30-50)52(40-21-17-38(48)18-22-40)46(56)32-36-13-9-34(2)10-14-36/h7-22,41-42H,3-6,23-32H2,1-2H3. The van der Waals surface area contributed by atoms with Crippen LogP contribution in [-0.4, -0.2) is 71.7 Å². The number of nitrogens with zero attached hydrogens (tertiary/aromatic N) is 4. The number of carbonyl (C=O) groups is 4. The fourth-order valence-corrected chi connectivity index (χ4v) is 8.12. The number of likely N-dealkylation sites (tertiary alicyclic amines) is 2. The predicted octanol–water partition coefficient (Wildman–Crippen LogP) is 9.00. The van der Waals surface area contributed by atoms with E-state index in [-0.39, 0.29) is 35.7 Å². The van der Waals surface area contributed by atoms with Crippen LogP contribution in [0.2, 0.25) is 10.0 Å². The van der Waals surface area contributed by atoms with Crippen LogP contribution in [-0.2, 0) is 32.0 Å². The molecule has 0 aliphatic carbocycles. The molecule has 0 radical (unpaired) electrons. The largest absolute Gasteiger partial charge is 0.343 e. The van der Waals surface area contributed by atoms with Crippen molar-refractivity contribution in [2.45, 2.75) is 90.1 Å². The van der Waals surface area contributed by atoms with Gasteiger partial charge in [0, 0.05) is 72.5 Å². The number of benzene rings is 4. The van der Waals surface area contributed by atoms with E-state index in [1.165, 1.54) is 0 Å². The molecule has 56 heavy (non-hydrogen) atoms.